The molecule has 2 fully saturated rings. The molecule has 19 nitrogen and oxygen atoms in total. The van der Waals surface area contributed by atoms with Crippen molar-refractivity contribution in [3.8, 4) is 0 Å². The predicted octanol–water partition coefficient (Wildman–Crippen LogP) is -0.207. The zero-order valence-electron chi connectivity index (χ0n) is 18.0. The lowest BCUT2D eigenvalue weighted by atomic mass is 10.2. The highest BCUT2D eigenvalue weighted by Gasteiger charge is 2.66. The van der Waals surface area contributed by atoms with Gasteiger partial charge < -0.3 is 18.9 Å². The van der Waals surface area contributed by atoms with E-state index in [1.165, 1.54) is 27.7 Å². The van der Waals surface area contributed by atoms with Gasteiger partial charge in [0.2, 0.25) is 9.74 Å². The van der Waals surface area contributed by atoms with E-state index in [4.69, 9.17) is 18.9 Å². The fraction of sp³-hybridized carbons (Fsp3) is 0.857. The molecule has 0 unspecified atom stereocenters. The molecule has 0 atom stereocenters. The van der Waals surface area contributed by atoms with Crippen LogP contribution in [0.4, 0.5) is 11.6 Å². The summed E-state index contributed by atoms with van der Waals surface area (Å²) in [6, 6.07) is 0. The zero-order valence-corrected chi connectivity index (χ0v) is 18.0. The highest BCUT2D eigenvalue weighted by Crippen LogP contribution is 2.29. The second kappa shape index (κ2) is 8.17. The van der Waals surface area contributed by atoms with Crippen LogP contribution in [0.25, 0.3) is 0 Å². The maximum absolute atomic E-state index is 12.6. The van der Waals surface area contributed by atoms with Gasteiger partial charge in [0, 0.05) is 0 Å². The van der Waals surface area contributed by atoms with Crippen LogP contribution in [-0.4, -0.2) is 79.2 Å². The molecular weight excluding hydrogens is 456 g/mol. The second-order valence-corrected chi connectivity index (χ2v) is 8.21. The number of aromatic nitrogens is 2. The molecule has 0 aromatic carbocycles. The van der Waals surface area contributed by atoms with Gasteiger partial charge in [0.25, 0.3) is 11.6 Å². The molecule has 2 N–H and O–H groups in total. The van der Waals surface area contributed by atoms with Crippen LogP contribution in [0.3, 0.4) is 0 Å². The van der Waals surface area contributed by atoms with Crippen LogP contribution in [0.15, 0.2) is 4.63 Å². The van der Waals surface area contributed by atoms with E-state index in [-0.39, 0.29) is 9.74 Å². The van der Waals surface area contributed by atoms with Crippen molar-refractivity contribution in [2.75, 3.05) is 37.3 Å². The number of ether oxygens (including phenoxy) is 4. The van der Waals surface area contributed by atoms with Gasteiger partial charge in [-0.1, -0.05) is 10.9 Å². The van der Waals surface area contributed by atoms with Crippen molar-refractivity contribution in [1.82, 2.24) is 10.3 Å². The third kappa shape index (κ3) is 4.55. The first-order valence-electron chi connectivity index (χ1n) is 9.38. The summed E-state index contributed by atoms with van der Waals surface area (Å²) in [7, 11) is 0. The van der Waals surface area contributed by atoms with Crippen molar-refractivity contribution in [2.24, 2.45) is 0 Å². The smallest absolute Gasteiger partial charge is 0.335 e. The highest BCUT2D eigenvalue weighted by molar-refractivity contribution is 5.54. The van der Waals surface area contributed by atoms with Gasteiger partial charge in [0.1, 0.15) is 9.85 Å². The third-order valence-electron chi connectivity index (χ3n) is 4.94. The number of hydrogen-bond acceptors (Lipinski definition) is 13. The summed E-state index contributed by atoms with van der Waals surface area (Å²) in [5.41, 5.74) is -0.788. The molecule has 2 aliphatic heterocycles. The Kier molecular flexibility index (Phi) is 6.00. The number of nitroso groups, excluding NO2 is 2. The standard InChI is InChI=1S/C14H22N8O11/c1-11(2)29-5-13(6-30-11,21(25)26)19(23)15-9-10(18-33-17-9)16-20(24)14(22(27)28)7-31-12(3,4)32-8-14/h5-8H2,1-4H3,(H,15,17,23)(H,16,18,24)/q+2. The minimum atomic E-state index is -2.42. The van der Waals surface area contributed by atoms with Crippen LogP contribution in [0, 0.1) is 30.0 Å². The minimum absolute atomic E-state index is 0.208. The van der Waals surface area contributed by atoms with Crippen molar-refractivity contribution in [3.05, 3.63) is 30.0 Å². The van der Waals surface area contributed by atoms with Crippen molar-refractivity contribution < 1.29 is 43.2 Å². The number of hydrogen-bond donors (Lipinski definition) is 2. The Hall–Kier alpha value is -3.42. The van der Waals surface area contributed by atoms with E-state index in [0.29, 0.717) is 0 Å². The summed E-state index contributed by atoms with van der Waals surface area (Å²) in [6.45, 7) is 3.43. The molecule has 0 radical (unpaired) electrons. The normalized spacial score (nSPS) is 22.7. The topological polar surface area (TPSA) is 226 Å². The molecule has 3 rings (SSSR count). The maximum atomic E-state index is 12.6. The predicted molar refractivity (Wildman–Crippen MR) is 100 cm³/mol. The molecule has 0 amide bonds. The van der Waals surface area contributed by atoms with Gasteiger partial charge >= 0.3 is 11.3 Å². The number of nitrogens with zero attached hydrogens (tertiary/aromatic N) is 6. The van der Waals surface area contributed by atoms with Crippen LogP contribution < -0.4 is 10.9 Å². The lowest BCUT2D eigenvalue weighted by Crippen LogP contribution is -2.63. The molecule has 182 valence electrons. The molecule has 0 saturated carbocycles. The Labute approximate surface area is 184 Å². The molecular formula is C14H22N8O11+2. The summed E-state index contributed by atoms with van der Waals surface area (Å²) in [6.07, 6.45) is 0. The SMILES string of the molecule is CC1(C)OCC([N+](=O)[O-])([N+](=O)Nc2nonc2N[N+](=O)C2([N+](=O)[O-])COC(C)(C)OC2)CO1. The van der Waals surface area contributed by atoms with Crippen molar-refractivity contribution >= 4 is 11.6 Å². The van der Waals surface area contributed by atoms with E-state index in [0.717, 1.165) is 0 Å². The Balaban J connectivity index is 1.77. The second-order valence-electron chi connectivity index (χ2n) is 8.21. The van der Waals surface area contributed by atoms with Gasteiger partial charge in [-0.15, -0.1) is 0 Å². The van der Waals surface area contributed by atoms with E-state index in [2.05, 4.69) is 14.9 Å². The molecule has 1 aromatic heterocycles. The summed E-state index contributed by atoms with van der Waals surface area (Å²) >= 11 is 0. The molecule has 2 saturated heterocycles. The van der Waals surface area contributed by atoms with E-state index >= 15 is 0 Å². The molecule has 2 aliphatic rings. The largest absolute Gasteiger partial charge is 0.522 e. The fourth-order valence-electron chi connectivity index (χ4n) is 2.65. The fourth-order valence-corrected chi connectivity index (χ4v) is 2.65. The highest BCUT2D eigenvalue weighted by atomic mass is 16.7. The van der Waals surface area contributed by atoms with E-state index < -0.39 is 70.8 Å². The minimum Gasteiger partial charge on any atom is -0.335 e. The number of nitro groups is 2. The van der Waals surface area contributed by atoms with Gasteiger partial charge in [0.15, 0.2) is 38.0 Å². The van der Waals surface area contributed by atoms with Crippen LogP contribution in [0.5, 0.6) is 0 Å². The van der Waals surface area contributed by atoms with Crippen LogP contribution >= 0.6 is 0 Å². The average molecular weight is 478 g/mol. The summed E-state index contributed by atoms with van der Waals surface area (Å²) in [4.78, 5) is 46.3. The van der Waals surface area contributed by atoms with Crippen molar-refractivity contribution in [3.63, 3.8) is 0 Å². The lowest BCUT2D eigenvalue weighted by molar-refractivity contribution is -0.824. The van der Waals surface area contributed by atoms with Gasteiger partial charge in [-0.3, -0.25) is 20.2 Å². The van der Waals surface area contributed by atoms with Crippen molar-refractivity contribution in [1.29, 1.82) is 0 Å². The lowest BCUT2D eigenvalue weighted by Gasteiger charge is -2.32. The Morgan fingerprint density at radius 3 is 1.27 bits per heavy atom. The monoisotopic (exact) mass is 478 g/mol. The molecule has 19 heteroatoms. The van der Waals surface area contributed by atoms with Crippen LogP contribution in [0.1, 0.15) is 27.7 Å². The van der Waals surface area contributed by atoms with Gasteiger partial charge in [0.05, 0.1) is 9.81 Å². The van der Waals surface area contributed by atoms with E-state index in [1.54, 1.807) is 0 Å². The van der Waals surface area contributed by atoms with E-state index in [1.807, 2.05) is 10.9 Å². The first-order chi connectivity index (χ1) is 15.2. The average Bonchev–Trinajstić information content (AvgIpc) is 3.14. The van der Waals surface area contributed by atoms with Crippen LogP contribution in [-0.2, 0) is 18.9 Å². The number of nitrogens with one attached hydrogen (secondary N) is 2. The number of hydrazine groups is 2. The number of rotatable bonds is 8. The molecule has 33 heavy (non-hydrogen) atoms. The molecule has 0 aliphatic carbocycles. The van der Waals surface area contributed by atoms with Gasteiger partial charge in [-0.05, 0) is 38.0 Å². The summed E-state index contributed by atoms with van der Waals surface area (Å²) < 4.78 is 25.4. The van der Waals surface area contributed by atoms with Gasteiger partial charge in [-0.25, -0.2) is 4.63 Å². The van der Waals surface area contributed by atoms with E-state index in [9.17, 15) is 30.0 Å². The first kappa shape index (κ1) is 24.2. The summed E-state index contributed by atoms with van der Waals surface area (Å²) in [5, 5.41) is 30.0. The molecule has 3 heterocycles. The number of anilines is 2. The van der Waals surface area contributed by atoms with Crippen LogP contribution in [0.2, 0.25) is 0 Å². The van der Waals surface area contributed by atoms with Crippen molar-refractivity contribution in [2.45, 2.75) is 50.6 Å². The zero-order chi connectivity index (χ0) is 24.7. The third-order valence-corrected chi connectivity index (χ3v) is 4.94. The Morgan fingerprint density at radius 1 is 0.697 bits per heavy atom. The maximum Gasteiger partial charge on any atom is 0.522 e. The molecule has 1 aromatic rings. The van der Waals surface area contributed by atoms with Gasteiger partial charge in [-0.2, -0.15) is 0 Å². The molecule has 0 bridgehead atoms. The quantitative estimate of drug-likeness (QED) is 0.213. The Bertz CT molecular complexity index is 882. The Morgan fingerprint density at radius 2 is 1.00 bits per heavy atom. The summed E-state index contributed by atoms with van der Waals surface area (Å²) in [5.74, 6) is -3.45. The molecule has 0 spiro atoms. The first-order valence-corrected chi connectivity index (χ1v) is 9.38.